The van der Waals surface area contributed by atoms with Gasteiger partial charge in [0.15, 0.2) is 0 Å². The summed E-state index contributed by atoms with van der Waals surface area (Å²) in [5, 5.41) is 0. The van der Waals surface area contributed by atoms with Crippen molar-refractivity contribution in [1.82, 2.24) is 9.97 Å². The number of rotatable bonds is 4. The van der Waals surface area contributed by atoms with Gasteiger partial charge in [0.1, 0.15) is 4.90 Å². The van der Waals surface area contributed by atoms with E-state index in [0.29, 0.717) is 11.4 Å². The van der Waals surface area contributed by atoms with Crippen LogP contribution >= 0.6 is 0 Å². The minimum absolute atomic E-state index is 0.189. The lowest BCUT2D eigenvalue weighted by atomic mass is 10.2. The second-order valence-corrected chi connectivity index (χ2v) is 6.54. The topological polar surface area (TPSA) is 74.8 Å². The van der Waals surface area contributed by atoms with Crippen molar-refractivity contribution < 1.29 is 8.42 Å². The van der Waals surface area contributed by atoms with Crippen molar-refractivity contribution in [2.75, 3.05) is 4.72 Å². The Kier molecular flexibility index (Phi) is 3.68. The van der Waals surface area contributed by atoms with Crippen LogP contribution in [0.5, 0.6) is 0 Å². The molecule has 0 atom stereocenters. The van der Waals surface area contributed by atoms with Gasteiger partial charge in [-0.25, -0.2) is 8.42 Å². The molecule has 0 bridgehead atoms. The number of aromatic nitrogens is 2. The van der Waals surface area contributed by atoms with E-state index in [2.05, 4.69) is 14.7 Å². The number of sulfonamides is 1. The lowest BCUT2D eigenvalue weighted by Gasteiger charge is -2.08. The van der Waals surface area contributed by atoms with Gasteiger partial charge in [-0.1, -0.05) is 30.3 Å². The molecule has 1 aromatic carbocycles. The molecule has 0 amide bonds. The minimum Gasteiger partial charge on any atom is -0.360 e. The monoisotopic (exact) mass is 313 g/mol. The SMILES string of the molecule is Cc1ncccc1NS(=O)(=O)c1c[nH]c(-c2ccccc2)c1. The predicted molar refractivity (Wildman–Crippen MR) is 86.0 cm³/mol. The molecule has 2 N–H and O–H groups in total. The molecule has 22 heavy (non-hydrogen) atoms. The number of aromatic amines is 1. The predicted octanol–water partition coefficient (Wildman–Crippen LogP) is 3.19. The van der Waals surface area contributed by atoms with E-state index in [0.717, 1.165) is 11.3 Å². The minimum atomic E-state index is -3.64. The quantitative estimate of drug-likeness (QED) is 0.777. The largest absolute Gasteiger partial charge is 0.360 e. The average Bonchev–Trinajstić information content (AvgIpc) is 3.01. The van der Waals surface area contributed by atoms with Crippen molar-refractivity contribution in [3.63, 3.8) is 0 Å². The Morgan fingerprint density at radius 1 is 1.09 bits per heavy atom. The van der Waals surface area contributed by atoms with Crippen LogP contribution in [0.2, 0.25) is 0 Å². The highest BCUT2D eigenvalue weighted by atomic mass is 32.2. The van der Waals surface area contributed by atoms with E-state index in [4.69, 9.17) is 0 Å². The average molecular weight is 313 g/mol. The molecule has 2 heterocycles. The third-order valence-electron chi connectivity index (χ3n) is 3.30. The summed E-state index contributed by atoms with van der Waals surface area (Å²) in [7, 11) is -3.64. The molecular weight excluding hydrogens is 298 g/mol. The van der Waals surface area contributed by atoms with E-state index in [9.17, 15) is 8.42 Å². The van der Waals surface area contributed by atoms with Crippen molar-refractivity contribution in [2.45, 2.75) is 11.8 Å². The molecule has 0 fully saturated rings. The first-order valence-electron chi connectivity index (χ1n) is 6.74. The highest BCUT2D eigenvalue weighted by Crippen LogP contribution is 2.23. The highest BCUT2D eigenvalue weighted by Gasteiger charge is 2.17. The normalized spacial score (nSPS) is 11.3. The number of benzene rings is 1. The molecule has 0 radical (unpaired) electrons. The Morgan fingerprint density at radius 2 is 1.86 bits per heavy atom. The zero-order valence-electron chi connectivity index (χ0n) is 11.9. The third kappa shape index (κ3) is 2.87. The number of hydrogen-bond acceptors (Lipinski definition) is 3. The molecule has 0 aliphatic heterocycles. The molecule has 0 saturated carbocycles. The first-order chi connectivity index (χ1) is 10.6. The number of H-pyrrole nitrogens is 1. The van der Waals surface area contributed by atoms with E-state index >= 15 is 0 Å². The van der Waals surface area contributed by atoms with Gasteiger partial charge >= 0.3 is 0 Å². The van der Waals surface area contributed by atoms with Gasteiger partial charge in [0.2, 0.25) is 0 Å². The second-order valence-electron chi connectivity index (χ2n) is 4.86. The van der Waals surface area contributed by atoms with Crippen LogP contribution in [0.4, 0.5) is 5.69 Å². The zero-order chi connectivity index (χ0) is 15.6. The van der Waals surface area contributed by atoms with Crippen LogP contribution in [-0.4, -0.2) is 18.4 Å². The van der Waals surface area contributed by atoms with Crippen molar-refractivity contribution in [3.05, 3.63) is 66.6 Å². The Morgan fingerprint density at radius 3 is 2.59 bits per heavy atom. The fourth-order valence-electron chi connectivity index (χ4n) is 2.11. The van der Waals surface area contributed by atoms with Gasteiger partial charge in [-0.2, -0.15) is 0 Å². The summed E-state index contributed by atoms with van der Waals surface area (Å²) in [4.78, 5) is 7.26. The van der Waals surface area contributed by atoms with Gasteiger partial charge in [-0.15, -0.1) is 0 Å². The maximum atomic E-state index is 12.4. The fraction of sp³-hybridized carbons (Fsp3) is 0.0625. The number of anilines is 1. The van der Waals surface area contributed by atoms with E-state index < -0.39 is 10.0 Å². The molecule has 3 rings (SSSR count). The highest BCUT2D eigenvalue weighted by molar-refractivity contribution is 7.92. The Bertz CT molecular complexity index is 887. The van der Waals surface area contributed by atoms with Crippen LogP contribution < -0.4 is 4.72 Å². The smallest absolute Gasteiger partial charge is 0.263 e. The van der Waals surface area contributed by atoms with E-state index in [1.54, 1.807) is 31.3 Å². The number of hydrogen-bond donors (Lipinski definition) is 2. The first-order valence-corrected chi connectivity index (χ1v) is 8.23. The van der Waals surface area contributed by atoms with Gasteiger partial charge in [0.05, 0.1) is 11.4 Å². The number of nitrogens with one attached hydrogen (secondary N) is 2. The van der Waals surface area contributed by atoms with Crippen LogP contribution in [0.15, 0.2) is 65.8 Å². The van der Waals surface area contributed by atoms with Crippen molar-refractivity contribution in [2.24, 2.45) is 0 Å². The van der Waals surface area contributed by atoms with Crippen LogP contribution in [0, 0.1) is 6.92 Å². The van der Waals surface area contributed by atoms with Crippen LogP contribution in [0.1, 0.15) is 5.69 Å². The maximum Gasteiger partial charge on any atom is 0.263 e. The van der Waals surface area contributed by atoms with Gasteiger partial charge in [0, 0.05) is 18.1 Å². The Hall–Kier alpha value is -2.60. The Labute approximate surface area is 129 Å². The van der Waals surface area contributed by atoms with Crippen molar-refractivity contribution >= 4 is 15.7 Å². The summed E-state index contributed by atoms with van der Waals surface area (Å²) in [6.07, 6.45) is 3.10. The van der Waals surface area contributed by atoms with Crippen LogP contribution in [-0.2, 0) is 10.0 Å². The third-order valence-corrected chi connectivity index (χ3v) is 4.65. The molecule has 112 valence electrons. The molecule has 0 aliphatic rings. The summed E-state index contributed by atoms with van der Waals surface area (Å²) in [5.41, 5.74) is 2.79. The fourth-order valence-corrected chi connectivity index (χ4v) is 3.22. The lowest BCUT2D eigenvalue weighted by molar-refractivity contribution is 0.601. The zero-order valence-corrected chi connectivity index (χ0v) is 12.8. The summed E-state index contributed by atoms with van der Waals surface area (Å²) >= 11 is 0. The Balaban J connectivity index is 1.91. The molecule has 0 aliphatic carbocycles. The molecule has 2 aromatic heterocycles. The van der Waals surface area contributed by atoms with E-state index in [-0.39, 0.29) is 4.90 Å². The van der Waals surface area contributed by atoms with E-state index in [1.807, 2.05) is 30.3 Å². The molecule has 0 saturated heterocycles. The maximum absolute atomic E-state index is 12.4. The first kappa shape index (κ1) is 14.3. The number of nitrogens with zero attached hydrogens (tertiary/aromatic N) is 1. The summed E-state index contributed by atoms with van der Waals surface area (Å²) in [6.45, 7) is 1.75. The summed E-state index contributed by atoms with van der Waals surface area (Å²) in [6, 6.07) is 14.5. The van der Waals surface area contributed by atoms with Crippen LogP contribution in [0.3, 0.4) is 0 Å². The molecule has 6 heteroatoms. The summed E-state index contributed by atoms with van der Waals surface area (Å²) in [5.74, 6) is 0. The number of aryl methyl sites for hydroxylation is 1. The van der Waals surface area contributed by atoms with Crippen molar-refractivity contribution in [3.8, 4) is 11.3 Å². The molecule has 3 aromatic rings. The van der Waals surface area contributed by atoms with Crippen molar-refractivity contribution in [1.29, 1.82) is 0 Å². The van der Waals surface area contributed by atoms with Gasteiger partial charge in [-0.3, -0.25) is 9.71 Å². The molecular formula is C16H15N3O2S. The summed E-state index contributed by atoms with van der Waals surface area (Å²) < 4.78 is 27.4. The van der Waals surface area contributed by atoms with Gasteiger partial charge < -0.3 is 4.98 Å². The van der Waals surface area contributed by atoms with Gasteiger partial charge in [-0.05, 0) is 30.7 Å². The number of pyridine rings is 1. The molecule has 0 unspecified atom stereocenters. The second kappa shape index (κ2) is 5.65. The lowest BCUT2D eigenvalue weighted by Crippen LogP contribution is -2.13. The molecule has 5 nitrogen and oxygen atoms in total. The molecule has 0 spiro atoms. The van der Waals surface area contributed by atoms with Gasteiger partial charge in [0.25, 0.3) is 10.0 Å². The standard InChI is InChI=1S/C16H15N3O2S/c1-12-15(8-5-9-17-12)19-22(20,21)14-10-16(18-11-14)13-6-3-2-4-7-13/h2-11,18-19H,1H3. The van der Waals surface area contributed by atoms with Crippen LogP contribution in [0.25, 0.3) is 11.3 Å². The van der Waals surface area contributed by atoms with E-state index in [1.165, 1.54) is 6.20 Å².